The van der Waals surface area contributed by atoms with E-state index in [2.05, 4.69) is 10.3 Å². The van der Waals surface area contributed by atoms with E-state index in [-0.39, 0.29) is 11.9 Å². The number of amidine groups is 1. The van der Waals surface area contributed by atoms with Crippen LogP contribution in [0.2, 0.25) is 0 Å². The minimum Gasteiger partial charge on any atom is -0.312 e. The highest BCUT2D eigenvalue weighted by molar-refractivity contribution is 6.06. The fourth-order valence-electron chi connectivity index (χ4n) is 2.29. The van der Waals surface area contributed by atoms with E-state index in [0.717, 1.165) is 5.84 Å². The Hall–Kier alpha value is -0.860. The van der Waals surface area contributed by atoms with Gasteiger partial charge in [-0.05, 0) is 19.8 Å². The molecule has 2 aliphatic rings. The van der Waals surface area contributed by atoms with Crippen LogP contribution in [0.5, 0.6) is 0 Å². The van der Waals surface area contributed by atoms with Crippen molar-refractivity contribution in [2.75, 3.05) is 0 Å². The molecule has 0 saturated heterocycles. The van der Waals surface area contributed by atoms with Gasteiger partial charge in [-0.25, -0.2) is 0 Å². The summed E-state index contributed by atoms with van der Waals surface area (Å²) in [6.07, 6.45) is 7.65. The van der Waals surface area contributed by atoms with Crippen LogP contribution in [-0.4, -0.2) is 17.8 Å². The van der Waals surface area contributed by atoms with Crippen LogP contribution in [0, 0.1) is 5.92 Å². The molecule has 3 nitrogen and oxygen atoms in total. The van der Waals surface area contributed by atoms with E-state index in [9.17, 15) is 4.79 Å². The lowest BCUT2D eigenvalue weighted by atomic mass is 9.99. The van der Waals surface area contributed by atoms with Crippen molar-refractivity contribution in [3.05, 3.63) is 0 Å². The lowest BCUT2D eigenvalue weighted by Gasteiger charge is -2.13. The highest BCUT2D eigenvalue weighted by Crippen LogP contribution is 2.24. The zero-order valence-corrected chi connectivity index (χ0v) is 8.75. The maximum atomic E-state index is 11.3. The molecule has 1 aliphatic carbocycles. The SMILES string of the molecule is CC1N=C(C2CCCCCC2)NC1=O. The Balaban J connectivity index is 2.00. The van der Waals surface area contributed by atoms with E-state index in [1.807, 2.05) is 6.92 Å². The average molecular weight is 194 g/mol. The summed E-state index contributed by atoms with van der Waals surface area (Å²) in [6.45, 7) is 1.86. The van der Waals surface area contributed by atoms with Crippen LogP contribution in [0.25, 0.3) is 0 Å². The molecule has 3 heteroatoms. The summed E-state index contributed by atoms with van der Waals surface area (Å²) in [5, 5.41) is 2.91. The lowest BCUT2D eigenvalue weighted by molar-refractivity contribution is -0.119. The molecular formula is C11H18N2O. The molecule has 1 amide bonds. The second-order valence-corrected chi connectivity index (χ2v) is 4.37. The first-order valence-corrected chi connectivity index (χ1v) is 5.66. The number of aliphatic imine (C=N–C) groups is 1. The van der Waals surface area contributed by atoms with Gasteiger partial charge in [0.25, 0.3) is 0 Å². The second-order valence-electron chi connectivity index (χ2n) is 4.37. The van der Waals surface area contributed by atoms with E-state index in [0.29, 0.717) is 5.92 Å². The van der Waals surface area contributed by atoms with Gasteiger partial charge in [0, 0.05) is 5.92 Å². The Labute approximate surface area is 85.0 Å². The molecule has 1 aliphatic heterocycles. The molecule has 0 bridgehead atoms. The summed E-state index contributed by atoms with van der Waals surface area (Å²) >= 11 is 0. The summed E-state index contributed by atoms with van der Waals surface area (Å²) in [7, 11) is 0. The van der Waals surface area contributed by atoms with Crippen molar-refractivity contribution in [1.29, 1.82) is 0 Å². The van der Waals surface area contributed by atoms with E-state index < -0.39 is 0 Å². The third-order valence-corrected chi connectivity index (χ3v) is 3.21. The van der Waals surface area contributed by atoms with Gasteiger partial charge in [-0.15, -0.1) is 0 Å². The summed E-state index contributed by atoms with van der Waals surface area (Å²) in [6, 6.07) is -0.159. The third kappa shape index (κ3) is 1.97. The first-order chi connectivity index (χ1) is 6.77. The van der Waals surface area contributed by atoms with Crippen molar-refractivity contribution in [1.82, 2.24) is 5.32 Å². The Kier molecular flexibility index (Phi) is 2.85. The average Bonchev–Trinajstić information content (AvgIpc) is 2.46. The molecule has 1 N–H and O–H groups in total. The molecule has 1 unspecified atom stereocenters. The van der Waals surface area contributed by atoms with Crippen LogP contribution in [0.3, 0.4) is 0 Å². The van der Waals surface area contributed by atoms with E-state index in [4.69, 9.17) is 0 Å². The predicted molar refractivity (Wildman–Crippen MR) is 56.2 cm³/mol. The van der Waals surface area contributed by atoms with Crippen molar-refractivity contribution < 1.29 is 4.79 Å². The van der Waals surface area contributed by atoms with Crippen molar-refractivity contribution in [2.24, 2.45) is 10.9 Å². The van der Waals surface area contributed by atoms with Crippen molar-refractivity contribution >= 4 is 11.7 Å². The molecule has 0 radical (unpaired) electrons. The zero-order valence-electron chi connectivity index (χ0n) is 8.75. The van der Waals surface area contributed by atoms with Crippen LogP contribution in [0.4, 0.5) is 0 Å². The molecular weight excluding hydrogens is 176 g/mol. The maximum absolute atomic E-state index is 11.3. The van der Waals surface area contributed by atoms with E-state index >= 15 is 0 Å². The van der Waals surface area contributed by atoms with Crippen LogP contribution < -0.4 is 5.32 Å². The number of hydrogen-bond donors (Lipinski definition) is 1. The number of amides is 1. The highest BCUT2D eigenvalue weighted by atomic mass is 16.2. The summed E-state index contributed by atoms with van der Waals surface area (Å²) in [4.78, 5) is 15.7. The zero-order chi connectivity index (χ0) is 9.97. The van der Waals surface area contributed by atoms with Gasteiger partial charge in [0.15, 0.2) is 0 Å². The predicted octanol–water partition coefficient (Wildman–Crippen LogP) is 1.87. The molecule has 2 rings (SSSR count). The van der Waals surface area contributed by atoms with Crippen molar-refractivity contribution in [2.45, 2.75) is 51.5 Å². The van der Waals surface area contributed by atoms with Crippen molar-refractivity contribution in [3.8, 4) is 0 Å². The van der Waals surface area contributed by atoms with Gasteiger partial charge in [-0.2, -0.15) is 0 Å². The quantitative estimate of drug-likeness (QED) is 0.636. The second kappa shape index (κ2) is 4.11. The summed E-state index contributed by atoms with van der Waals surface area (Å²) < 4.78 is 0. The lowest BCUT2D eigenvalue weighted by Crippen LogP contribution is -2.32. The molecule has 78 valence electrons. The molecule has 0 aromatic carbocycles. The fourth-order valence-corrected chi connectivity index (χ4v) is 2.29. The minimum absolute atomic E-state index is 0.0734. The number of carbonyl (C=O) groups excluding carboxylic acids is 1. The number of carbonyl (C=O) groups is 1. The topological polar surface area (TPSA) is 41.5 Å². The van der Waals surface area contributed by atoms with Crippen LogP contribution >= 0.6 is 0 Å². The molecule has 1 saturated carbocycles. The Morgan fingerprint density at radius 3 is 2.36 bits per heavy atom. The van der Waals surface area contributed by atoms with Crippen LogP contribution in [0.1, 0.15) is 45.4 Å². The molecule has 0 aromatic rings. The summed E-state index contributed by atoms with van der Waals surface area (Å²) in [5.74, 6) is 1.56. The number of rotatable bonds is 1. The number of nitrogens with zero attached hydrogens (tertiary/aromatic N) is 1. The monoisotopic (exact) mass is 194 g/mol. The maximum Gasteiger partial charge on any atom is 0.249 e. The summed E-state index contributed by atoms with van der Waals surface area (Å²) in [5.41, 5.74) is 0. The third-order valence-electron chi connectivity index (χ3n) is 3.21. The Bertz CT molecular complexity index is 252. The Morgan fingerprint density at radius 2 is 1.86 bits per heavy atom. The normalized spacial score (nSPS) is 29.6. The molecule has 0 spiro atoms. The van der Waals surface area contributed by atoms with Gasteiger partial charge in [-0.3, -0.25) is 9.79 Å². The van der Waals surface area contributed by atoms with Gasteiger partial charge in [0.1, 0.15) is 11.9 Å². The van der Waals surface area contributed by atoms with E-state index in [1.54, 1.807) is 0 Å². The molecule has 1 heterocycles. The first kappa shape index (κ1) is 9.69. The molecule has 0 aromatic heterocycles. The highest BCUT2D eigenvalue weighted by Gasteiger charge is 2.27. The van der Waals surface area contributed by atoms with Gasteiger partial charge >= 0.3 is 0 Å². The van der Waals surface area contributed by atoms with Gasteiger partial charge < -0.3 is 5.32 Å². The van der Waals surface area contributed by atoms with Crippen molar-refractivity contribution in [3.63, 3.8) is 0 Å². The minimum atomic E-state index is -0.159. The van der Waals surface area contributed by atoms with Gasteiger partial charge in [0.2, 0.25) is 5.91 Å². The Morgan fingerprint density at radius 1 is 1.21 bits per heavy atom. The van der Waals surface area contributed by atoms with Crippen LogP contribution in [-0.2, 0) is 4.79 Å². The van der Waals surface area contributed by atoms with Crippen LogP contribution in [0.15, 0.2) is 4.99 Å². The van der Waals surface area contributed by atoms with Gasteiger partial charge in [-0.1, -0.05) is 25.7 Å². The van der Waals surface area contributed by atoms with Gasteiger partial charge in [0.05, 0.1) is 0 Å². The first-order valence-electron chi connectivity index (χ1n) is 5.66. The van der Waals surface area contributed by atoms with E-state index in [1.165, 1.54) is 38.5 Å². The molecule has 1 atom stereocenters. The fraction of sp³-hybridized carbons (Fsp3) is 0.818. The molecule has 14 heavy (non-hydrogen) atoms. The molecule has 1 fully saturated rings. The standard InChI is InChI=1S/C11H18N2O/c1-8-11(14)13-10(12-8)9-6-4-2-3-5-7-9/h8-9H,2-7H2,1H3,(H,12,13,14). The number of nitrogens with one attached hydrogen (secondary N) is 1. The number of hydrogen-bond acceptors (Lipinski definition) is 2. The smallest absolute Gasteiger partial charge is 0.249 e. The largest absolute Gasteiger partial charge is 0.312 e.